The summed E-state index contributed by atoms with van der Waals surface area (Å²) >= 11 is 6.10. The molecule has 0 atom stereocenters. The van der Waals surface area contributed by atoms with Crippen molar-refractivity contribution in [2.75, 3.05) is 7.11 Å². The third-order valence-corrected chi connectivity index (χ3v) is 3.58. The zero-order valence-electron chi connectivity index (χ0n) is 12.0. The molecule has 22 heavy (non-hydrogen) atoms. The summed E-state index contributed by atoms with van der Waals surface area (Å²) in [5.74, 6) is 0.829. The Morgan fingerprint density at radius 2 is 1.64 bits per heavy atom. The first-order chi connectivity index (χ1) is 10.3. The van der Waals surface area contributed by atoms with Gasteiger partial charge in [-0.05, 0) is 53.1 Å². The number of nitrogens with zero attached hydrogens (tertiary/aromatic N) is 1. The molecule has 1 heterocycles. The molecule has 0 bridgehead atoms. The van der Waals surface area contributed by atoms with Crippen LogP contribution < -0.4 is 4.74 Å². The van der Waals surface area contributed by atoms with Crippen LogP contribution in [0.25, 0.3) is 22.3 Å². The van der Waals surface area contributed by atoms with Crippen LogP contribution in [-0.2, 0) is 0 Å². The fraction of sp³-hybridized carbons (Fsp3) is 0.0556. The second kappa shape index (κ2) is 7.30. The molecule has 4 heteroatoms. The van der Waals surface area contributed by atoms with Gasteiger partial charge >= 0.3 is 0 Å². The lowest BCUT2D eigenvalue weighted by atomic mass is 9.99. The van der Waals surface area contributed by atoms with Gasteiger partial charge in [0.05, 0.1) is 7.11 Å². The highest BCUT2D eigenvalue weighted by Crippen LogP contribution is 2.35. The van der Waals surface area contributed by atoms with E-state index in [0.717, 1.165) is 28.0 Å². The van der Waals surface area contributed by atoms with E-state index >= 15 is 0 Å². The third-order valence-electron chi connectivity index (χ3n) is 3.35. The summed E-state index contributed by atoms with van der Waals surface area (Å²) in [6.07, 6.45) is 3.58. The molecule has 112 valence electrons. The van der Waals surface area contributed by atoms with Crippen LogP contribution in [-0.4, -0.2) is 12.1 Å². The van der Waals surface area contributed by atoms with E-state index in [1.165, 1.54) is 0 Å². The number of rotatable bonds is 3. The molecule has 0 aliphatic carbocycles. The van der Waals surface area contributed by atoms with E-state index in [0.29, 0.717) is 5.02 Å². The van der Waals surface area contributed by atoms with Gasteiger partial charge in [-0.2, -0.15) is 0 Å². The van der Waals surface area contributed by atoms with E-state index < -0.39 is 0 Å². The van der Waals surface area contributed by atoms with Crippen LogP contribution in [0.4, 0.5) is 0 Å². The molecule has 0 spiro atoms. The van der Waals surface area contributed by atoms with E-state index in [4.69, 9.17) is 16.3 Å². The predicted octanol–water partition coefficient (Wildman–Crippen LogP) is 5.50. The Hall–Kier alpha value is -2.03. The van der Waals surface area contributed by atoms with Crippen molar-refractivity contribution in [1.82, 2.24) is 4.98 Å². The van der Waals surface area contributed by atoms with Gasteiger partial charge in [-0.15, -0.1) is 12.4 Å². The first kappa shape index (κ1) is 16.3. The SMILES string of the molecule is COc1ccc(-c2ccncc2)cc1-c1cccc(Cl)c1.Cl. The maximum absolute atomic E-state index is 6.10. The molecular weight excluding hydrogens is 317 g/mol. The molecule has 0 aliphatic rings. The molecule has 0 N–H and O–H groups in total. The van der Waals surface area contributed by atoms with Crippen molar-refractivity contribution in [2.24, 2.45) is 0 Å². The minimum atomic E-state index is 0. The molecule has 3 rings (SSSR count). The predicted molar refractivity (Wildman–Crippen MR) is 93.9 cm³/mol. The van der Waals surface area contributed by atoms with Gasteiger partial charge in [0.15, 0.2) is 0 Å². The van der Waals surface area contributed by atoms with Gasteiger partial charge in [-0.1, -0.05) is 29.8 Å². The lowest BCUT2D eigenvalue weighted by Crippen LogP contribution is -1.89. The zero-order chi connectivity index (χ0) is 14.7. The Kier molecular flexibility index (Phi) is 5.42. The van der Waals surface area contributed by atoms with Crippen LogP contribution >= 0.6 is 24.0 Å². The Morgan fingerprint density at radius 1 is 0.864 bits per heavy atom. The summed E-state index contributed by atoms with van der Waals surface area (Å²) < 4.78 is 5.48. The van der Waals surface area contributed by atoms with Gasteiger partial charge in [0.2, 0.25) is 0 Å². The largest absolute Gasteiger partial charge is 0.496 e. The smallest absolute Gasteiger partial charge is 0.126 e. The second-order valence-electron chi connectivity index (χ2n) is 4.66. The molecule has 0 fully saturated rings. The number of pyridine rings is 1. The van der Waals surface area contributed by atoms with Gasteiger partial charge in [0, 0.05) is 23.0 Å². The number of ether oxygens (including phenoxy) is 1. The minimum absolute atomic E-state index is 0. The van der Waals surface area contributed by atoms with Crippen LogP contribution in [0.3, 0.4) is 0 Å². The second-order valence-corrected chi connectivity index (χ2v) is 5.10. The third kappa shape index (κ3) is 3.41. The van der Waals surface area contributed by atoms with Gasteiger partial charge in [0.25, 0.3) is 0 Å². The Labute approximate surface area is 141 Å². The fourth-order valence-corrected chi connectivity index (χ4v) is 2.50. The number of hydrogen-bond donors (Lipinski definition) is 0. The zero-order valence-corrected chi connectivity index (χ0v) is 13.6. The van der Waals surface area contributed by atoms with Crippen LogP contribution in [0.5, 0.6) is 5.75 Å². The maximum atomic E-state index is 6.10. The highest BCUT2D eigenvalue weighted by molar-refractivity contribution is 6.30. The molecule has 0 radical (unpaired) electrons. The summed E-state index contributed by atoms with van der Waals surface area (Å²) in [5, 5.41) is 0.712. The van der Waals surface area contributed by atoms with Crippen molar-refractivity contribution >= 4 is 24.0 Å². The average Bonchev–Trinajstić information content (AvgIpc) is 2.55. The maximum Gasteiger partial charge on any atom is 0.126 e. The topological polar surface area (TPSA) is 22.1 Å². The summed E-state index contributed by atoms with van der Waals surface area (Å²) in [7, 11) is 1.68. The lowest BCUT2D eigenvalue weighted by molar-refractivity contribution is 0.416. The summed E-state index contributed by atoms with van der Waals surface area (Å²) in [5.41, 5.74) is 4.30. The number of hydrogen-bond acceptors (Lipinski definition) is 2. The summed E-state index contributed by atoms with van der Waals surface area (Å²) in [6.45, 7) is 0. The highest BCUT2D eigenvalue weighted by Gasteiger charge is 2.08. The number of aromatic nitrogens is 1. The molecule has 0 unspecified atom stereocenters. The number of benzene rings is 2. The van der Waals surface area contributed by atoms with Crippen molar-refractivity contribution in [3.8, 4) is 28.0 Å². The monoisotopic (exact) mass is 331 g/mol. The highest BCUT2D eigenvalue weighted by atomic mass is 35.5. The van der Waals surface area contributed by atoms with Crippen LogP contribution in [0.1, 0.15) is 0 Å². The van der Waals surface area contributed by atoms with Crippen LogP contribution in [0.15, 0.2) is 67.0 Å². The van der Waals surface area contributed by atoms with Crippen LogP contribution in [0.2, 0.25) is 5.02 Å². The average molecular weight is 332 g/mol. The van der Waals surface area contributed by atoms with Crippen molar-refractivity contribution in [3.05, 3.63) is 72.0 Å². The molecule has 0 saturated carbocycles. The minimum Gasteiger partial charge on any atom is -0.496 e. The van der Waals surface area contributed by atoms with E-state index in [-0.39, 0.29) is 12.4 Å². The number of halogens is 2. The normalized spacial score (nSPS) is 9.91. The molecule has 0 aliphatic heterocycles. The molecule has 3 aromatic rings. The Morgan fingerprint density at radius 3 is 2.32 bits per heavy atom. The molecule has 0 amide bonds. The fourth-order valence-electron chi connectivity index (χ4n) is 2.31. The molecule has 2 aromatic carbocycles. The van der Waals surface area contributed by atoms with Crippen molar-refractivity contribution in [3.63, 3.8) is 0 Å². The van der Waals surface area contributed by atoms with Gasteiger partial charge < -0.3 is 4.74 Å². The Bertz CT molecular complexity index is 760. The van der Waals surface area contributed by atoms with Gasteiger partial charge in [0.1, 0.15) is 5.75 Å². The van der Waals surface area contributed by atoms with Crippen molar-refractivity contribution in [2.45, 2.75) is 0 Å². The molecular formula is C18H15Cl2NO. The quantitative estimate of drug-likeness (QED) is 0.632. The van der Waals surface area contributed by atoms with Gasteiger partial charge in [-0.3, -0.25) is 4.98 Å². The summed E-state index contributed by atoms with van der Waals surface area (Å²) in [6, 6.07) is 17.9. The summed E-state index contributed by atoms with van der Waals surface area (Å²) in [4.78, 5) is 4.05. The molecule has 1 aromatic heterocycles. The standard InChI is InChI=1S/C18H14ClNO.ClH/c1-21-18-6-5-14(13-7-9-20-10-8-13)12-17(18)15-3-2-4-16(19)11-15;/h2-12H,1H3;1H. The van der Waals surface area contributed by atoms with Crippen molar-refractivity contribution < 1.29 is 4.74 Å². The van der Waals surface area contributed by atoms with E-state index in [9.17, 15) is 0 Å². The Balaban J connectivity index is 0.00000176. The van der Waals surface area contributed by atoms with E-state index in [1.54, 1.807) is 19.5 Å². The van der Waals surface area contributed by atoms with E-state index in [1.807, 2.05) is 48.5 Å². The number of methoxy groups -OCH3 is 1. The molecule has 0 saturated heterocycles. The van der Waals surface area contributed by atoms with Gasteiger partial charge in [-0.25, -0.2) is 0 Å². The van der Waals surface area contributed by atoms with Crippen molar-refractivity contribution in [1.29, 1.82) is 0 Å². The lowest BCUT2D eigenvalue weighted by Gasteiger charge is -2.11. The van der Waals surface area contributed by atoms with Crippen LogP contribution in [0, 0.1) is 0 Å². The molecule has 2 nitrogen and oxygen atoms in total. The first-order valence-electron chi connectivity index (χ1n) is 6.62. The van der Waals surface area contributed by atoms with E-state index in [2.05, 4.69) is 11.1 Å². The first-order valence-corrected chi connectivity index (χ1v) is 7.00.